The number of rotatable bonds is 5. The van der Waals surface area contributed by atoms with Gasteiger partial charge in [0.15, 0.2) is 9.84 Å². The summed E-state index contributed by atoms with van der Waals surface area (Å²) < 4.78 is 24.2. The number of halogens is 1. The third-order valence-corrected chi connectivity index (χ3v) is 4.96. The molecule has 0 aliphatic rings. The molecule has 2 rings (SSSR count). The molecule has 2 aromatic rings. The van der Waals surface area contributed by atoms with E-state index in [4.69, 9.17) is 17.3 Å². The molecule has 0 bridgehead atoms. The van der Waals surface area contributed by atoms with Crippen LogP contribution in [0.3, 0.4) is 0 Å². The molecule has 0 saturated carbocycles. The Hall–Kier alpha value is -1.52. The third kappa shape index (κ3) is 4.25. The van der Waals surface area contributed by atoms with Crippen molar-refractivity contribution in [3.05, 3.63) is 64.7 Å². The normalized spacial score (nSPS) is 11.4. The van der Waals surface area contributed by atoms with Gasteiger partial charge in [-0.3, -0.25) is 0 Å². The summed E-state index contributed by atoms with van der Waals surface area (Å²) in [4.78, 5) is 0. The summed E-state index contributed by atoms with van der Waals surface area (Å²) in [6.07, 6.45) is 0.479. The van der Waals surface area contributed by atoms with Crippen LogP contribution in [0, 0.1) is 0 Å². The Labute approximate surface area is 124 Å². The number of sulfone groups is 1. The van der Waals surface area contributed by atoms with Crippen molar-refractivity contribution in [3.8, 4) is 0 Å². The molecule has 0 saturated heterocycles. The fourth-order valence-electron chi connectivity index (χ4n) is 1.88. The molecule has 0 fully saturated rings. The Morgan fingerprint density at radius 1 is 1.00 bits per heavy atom. The minimum Gasteiger partial charge on any atom is -0.399 e. The van der Waals surface area contributed by atoms with Crippen LogP contribution >= 0.6 is 11.6 Å². The van der Waals surface area contributed by atoms with E-state index < -0.39 is 9.84 Å². The maximum Gasteiger partial charge on any atom is 0.154 e. The average Bonchev–Trinajstić information content (AvgIpc) is 2.41. The molecule has 0 aliphatic heterocycles. The van der Waals surface area contributed by atoms with Gasteiger partial charge >= 0.3 is 0 Å². The minimum atomic E-state index is -3.18. The number of nitrogens with two attached hydrogens (primary N) is 1. The van der Waals surface area contributed by atoms with Gasteiger partial charge in [-0.05, 0) is 35.7 Å². The van der Waals surface area contributed by atoms with Gasteiger partial charge < -0.3 is 5.73 Å². The third-order valence-electron chi connectivity index (χ3n) is 3.01. The summed E-state index contributed by atoms with van der Waals surface area (Å²) in [7, 11) is -3.18. The van der Waals surface area contributed by atoms with Crippen LogP contribution in [0.1, 0.15) is 11.1 Å². The Bertz CT molecular complexity index is 681. The zero-order valence-electron chi connectivity index (χ0n) is 10.9. The molecule has 2 aromatic carbocycles. The van der Waals surface area contributed by atoms with E-state index in [9.17, 15) is 8.42 Å². The Balaban J connectivity index is 2.01. The second kappa shape index (κ2) is 6.29. The molecule has 106 valence electrons. The monoisotopic (exact) mass is 309 g/mol. The highest BCUT2D eigenvalue weighted by Crippen LogP contribution is 2.18. The predicted molar refractivity (Wildman–Crippen MR) is 83.5 cm³/mol. The molecule has 2 N–H and O–H groups in total. The van der Waals surface area contributed by atoms with Crippen LogP contribution in [-0.4, -0.2) is 14.2 Å². The fraction of sp³-hybridized carbons (Fsp3) is 0.200. The van der Waals surface area contributed by atoms with E-state index in [0.717, 1.165) is 5.56 Å². The molecule has 0 radical (unpaired) electrons. The van der Waals surface area contributed by atoms with Crippen LogP contribution in [0.15, 0.2) is 48.5 Å². The zero-order chi connectivity index (χ0) is 14.6. The number of hydrogen-bond donors (Lipinski definition) is 1. The van der Waals surface area contributed by atoms with Crippen molar-refractivity contribution in [1.29, 1.82) is 0 Å². The molecule has 0 atom stereocenters. The lowest BCUT2D eigenvalue weighted by molar-refractivity contribution is 0.594. The SMILES string of the molecule is Nc1ccc(CCS(=O)(=O)Cc2ccccc2Cl)cc1. The summed E-state index contributed by atoms with van der Waals surface area (Å²) >= 11 is 5.99. The lowest BCUT2D eigenvalue weighted by Crippen LogP contribution is -2.11. The average molecular weight is 310 g/mol. The van der Waals surface area contributed by atoms with Gasteiger partial charge in [0.05, 0.1) is 11.5 Å². The largest absolute Gasteiger partial charge is 0.399 e. The van der Waals surface area contributed by atoms with Gasteiger partial charge in [0, 0.05) is 10.7 Å². The van der Waals surface area contributed by atoms with Gasteiger partial charge in [-0.25, -0.2) is 8.42 Å². The van der Waals surface area contributed by atoms with E-state index in [2.05, 4.69) is 0 Å². The maximum absolute atomic E-state index is 12.1. The number of anilines is 1. The quantitative estimate of drug-likeness (QED) is 0.863. The number of benzene rings is 2. The highest BCUT2D eigenvalue weighted by molar-refractivity contribution is 7.90. The first-order valence-electron chi connectivity index (χ1n) is 6.24. The molecule has 0 aliphatic carbocycles. The second-order valence-electron chi connectivity index (χ2n) is 4.68. The summed E-state index contributed by atoms with van der Waals surface area (Å²) in [5, 5.41) is 0.489. The molecule has 0 heterocycles. The molecule has 0 amide bonds. The van der Waals surface area contributed by atoms with Crippen molar-refractivity contribution in [3.63, 3.8) is 0 Å². The first kappa shape index (κ1) is 14.9. The van der Waals surface area contributed by atoms with E-state index in [-0.39, 0.29) is 11.5 Å². The molecular weight excluding hydrogens is 294 g/mol. The van der Waals surface area contributed by atoms with Crippen molar-refractivity contribution >= 4 is 27.1 Å². The highest BCUT2D eigenvalue weighted by atomic mass is 35.5. The minimum absolute atomic E-state index is 0.0261. The van der Waals surface area contributed by atoms with Crippen molar-refractivity contribution in [2.75, 3.05) is 11.5 Å². The van der Waals surface area contributed by atoms with Crippen molar-refractivity contribution in [2.45, 2.75) is 12.2 Å². The van der Waals surface area contributed by atoms with Gasteiger partial charge in [0.25, 0.3) is 0 Å². The van der Waals surface area contributed by atoms with Crippen LogP contribution in [0.4, 0.5) is 5.69 Å². The van der Waals surface area contributed by atoms with Crippen LogP contribution in [-0.2, 0) is 22.0 Å². The van der Waals surface area contributed by atoms with E-state index in [1.165, 1.54) is 0 Å². The van der Waals surface area contributed by atoms with Crippen LogP contribution < -0.4 is 5.73 Å². The van der Waals surface area contributed by atoms with Crippen molar-refractivity contribution < 1.29 is 8.42 Å². The first-order valence-corrected chi connectivity index (χ1v) is 8.44. The Kier molecular flexibility index (Phi) is 4.68. The van der Waals surface area contributed by atoms with E-state index in [1.54, 1.807) is 36.4 Å². The van der Waals surface area contributed by atoms with E-state index >= 15 is 0 Å². The van der Waals surface area contributed by atoms with Gasteiger partial charge in [0.2, 0.25) is 0 Å². The molecule has 20 heavy (non-hydrogen) atoms. The molecule has 0 unspecified atom stereocenters. The van der Waals surface area contributed by atoms with Crippen molar-refractivity contribution in [2.24, 2.45) is 0 Å². The molecule has 0 spiro atoms. The van der Waals surface area contributed by atoms with Crippen LogP contribution in [0.5, 0.6) is 0 Å². The van der Waals surface area contributed by atoms with E-state index in [1.807, 2.05) is 12.1 Å². The van der Waals surface area contributed by atoms with Crippen molar-refractivity contribution in [1.82, 2.24) is 0 Å². The molecule has 0 aromatic heterocycles. The summed E-state index contributed by atoms with van der Waals surface area (Å²) in [6.45, 7) is 0. The fourth-order valence-corrected chi connectivity index (χ4v) is 3.58. The predicted octanol–water partition coefficient (Wildman–Crippen LogP) is 3.08. The maximum atomic E-state index is 12.1. The summed E-state index contributed by atoms with van der Waals surface area (Å²) in [6, 6.07) is 14.3. The van der Waals surface area contributed by atoms with E-state index in [0.29, 0.717) is 22.7 Å². The van der Waals surface area contributed by atoms with Gasteiger partial charge in [-0.2, -0.15) is 0 Å². The van der Waals surface area contributed by atoms with Gasteiger partial charge in [0.1, 0.15) is 0 Å². The molecule has 3 nitrogen and oxygen atoms in total. The number of nitrogen functional groups attached to an aromatic ring is 1. The number of aryl methyl sites for hydroxylation is 1. The van der Waals surface area contributed by atoms with Crippen LogP contribution in [0.2, 0.25) is 5.02 Å². The first-order chi connectivity index (χ1) is 9.46. The lowest BCUT2D eigenvalue weighted by Gasteiger charge is -2.06. The Morgan fingerprint density at radius 2 is 1.65 bits per heavy atom. The topological polar surface area (TPSA) is 60.2 Å². The second-order valence-corrected chi connectivity index (χ2v) is 7.27. The Morgan fingerprint density at radius 3 is 2.30 bits per heavy atom. The lowest BCUT2D eigenvalue weighted by atomic mass is 10.2. The molecular formula is C15H16ClNO2S. The highest BCUT2D eigenvalue weighted by Gasteiger charge is 2.14. The van der Waals surface area contributed by atoms with Gasteiger partial charge in [-0.15, -0.1) is 0 Å². The van der Waals surface area contributed by atoms with Gasteiger partial charge in [-0.1, -0.05) is 41.9 Å². The summed E-state index contributed by atoms with van der Waals surface area (Å²) in [5.41, 5.74) is 7.87. The number of hydrogen-bond acceptors (Lipinski definition) is 3. The smallest absolute Gasteiger partial charge is 0.154 e. The molecule has 5 heteroatoms. The summed E-state index contributed by atoms with van der Waals surface area (Å²) in [5.74, 6) is 0.0732. The zero-order valence-corrected chi connectivity index (χ0v) is 12.5. The standard InChI is InChI=1S/C15H16ClNO2S/c16-15-4-2-1-3-13(15)11-20(18,19)10-9-12-5-7-14(17)8-6-12/h1-8H,9-11,17H2. The van der Waals surface area contributed by atoms with Crippen LogP contribution in [0.25, 0.3) is 0 Å².